The van der Waals surface area contributed by atoms with Gasteiger partial charge in [0.25, 0.3) is 0 Å². The predicted molar refractivity (Wildman–Crippen MR) is 85.9 cm³/mol. The molecule has 0 aromatic heterocycles. The topological polar surface area (TPSA) is 52.9 Å². The van der Waals surface area contributed by atoms with Crippen LogP contribution in [0.4, 0.5) is 0 Å². The summed E-state index contributed by atoms with van der Waals surface area (Å²) in [6, 6.07) is 7.66. The molecule has 1 saturated heterocycles. The molecule has 1 aromatic rings. The van der Waals surface area contributed by atoms with E-state index in [9.17, 15) is 0 Å². The zero-order valence-electron chi connectivity index (χ0n) is 12.9. The maximum atomic E-state index is 9.05. The lowest BCUT2D eigenvalue weighted by molar-refractivity contribution is 0.116. The summed E-state index contributed by atoms with van der Waals surface area (Å²) in [6.45, 7) is 5.08. The summed E-state index contributed by atoms with van der Waals surface area (Å²) in [5.41, 5.74) is 0.487. The number of likely N-dealkylation sites (tertiary alicyclic amines) is 1. The fourth-order valence-corrected chi connectivity index (χ4v) is 3.03. The molecule has 2 rings (SSSR count). The van der Waals surface area contributed by atoms with Gasteiger partial charge in [-0.05, 0) is 43.4 Å². The van der Waals surface area contributed by atoms with Crippen LogP contribution in [-0.4, -0.2) is 47.8 Å². The smallest absolute Gasteiger partial charge is 0.488 e. The first-order chi connectivity index (χ1) is 10.2. The van der Waals surface area contributed by atoms with Gasteiger partial charge in [0, 0.05) is 12.6 Å². The molecule has 116 valence electrons. The summed E-state index contributed by atoms with van der Waals surface area (Å²) in [4.78, 5) is 2.55. The van der Waals surface area contributed by atoms with Gasteiger partial charge in [-0.15, -0.1) is 0 Å². The average Bonchev–Trinajstić information content (AvgIpc) is 2.50. The largest absolute Gasteiger partial charge is 0.492 e. The maximum absolute atomic E-state index is 9.05. The van der Waals surface area contributed by atoms with E-state index in [1.54, 1.807) is 24.3 Å². The van der Waals surface area contributed by atoms with Crippen LogP contribution >= 0.6 is 0 Å². The van der Waals surface area contributed by atoms with Crippen molar-refractivity contribution in [1.82, 2.24) is 4.90 Å². The van der Waals surface area contributed by atoms with Gasteiger partial charge >= 0.3 is 7.12 Å². The Morgan fingerprint density at radius 1 is 1.24 bits per heavy atom. The SMILES string of the molecule is CCCC1CCCCN1CCOc1ccc(B(O)O)cc1. The Hall–Kier alpha value is -1.04. The minimum Gasteiger partial charge on any atom is -0.492 e. The van der Waals surface area contributed by atoms with Crippen molar-refractivity contribution in [1.29, 1.82) is 0 Å². The Kier molecular flexibility index (Phi) is 6.55. The molecule has 4 nitrogen and oxygen atoms in total. The number of nitrogens with zero attached hydrogens (tertiary/aromatic N) is 1. The van der Waals surface area contributed by atoms with Crippen molar-refractivity contribution in [2.24, 2.45) is 0 Å². The van der Waals surface area contributed by atoms with Crippen LogP contribution in [0.2, 0.25) is 0 Å². The van der Waals surface area contributed by atoms with Crippen LogP contribution in [-0.2, 0) is 0 Å². The Balaban J connectivity index is 1.77. The van der Waals surface area contributed by atoms with E-state index in [0.29, 0.717) is 12.1 Å². The summed E-state index contributed by atoms with van der Waals surface area (Å²) in [6.07, 6.45) is 6.49. The highest BCUT2D eigenvalue weighted by molar-refractivity contribution is 6.58. The van der Waals surface area contributed by atoms with Crippen molar-refractivity contribution in [3.8, 4) is 5.75 Å². The van der Waals surface area contributed by atoms with Crippen LogP contribution in [0.5, 0.6) is 5.75 Å². The fourth-order valence-electron chi connectivity index (χ4n) is 3.03. The molecular weight excluding hydrogens is 265 g/mol. The molecule has 1 atom stereocenters. The van der Waals surface area contributed by atoms with Crippen LogP contribution in [0.25, 0.3) is 0 Å². The van der Waals surface area contributed by atoms with E-state index in [1.807, 2.05) is 0 Å². The zero-order chi connectivity index (χ0) is 15.1. The van der Waals surface area contributed by atoms with Gasteiger partial charge in [0.1, 0.15) is 12.4 Å². The van der Waals surface area contributed by atoms with Crippen LogP contribution in [0, 0.1) is 0 Å². The van der Waals surface area contributed by atoms with E-state index in [2.05, 4.69) is 11.8 Å². The minimum absolute atomic E-state index is 0.487. The third-order valence-corrected chi connectivity index (χ3v) is 4.20. The number of benzene rings is 1. The van der Waals surface area contributed by atoms with E-state index in [1.165, 1.54) is 38.6 Å². The van der Waals surface area contributed by atoms with Gasteiger partial charge < -0.3 is 14.8 Å². The second-order valence-corrected chi connectivity index (χ2v) is 5.77. The van der Waals surface area contributed by atoms with Crippen LogP contribution in [0.1, 0.15) is 39.0 Å². The molecule has 2 N–H and O–H groups in total. The average molecular weight is 291 g/mol. The van der Waals surface area contributed by atoms with Gasteiger partial charge in [0.15, 0.2) is 0 Å². The van der Waals surface area contributed by atoms with Crippen molar-refractivity contribution in [3.63, 3.8) is 0 Å². The van der Waals surface area contributed by atoms with E-state index >= 15 is 0 Å². The van der Waals surface area contributed by atoms with E-state index in [4.69, 9.17) is 14.8 Å². The van der Waals surface area contributed by atoms with Crippen molar-refractivity contribution in [2.45, 2.75) is 45.1 Å². The van der Waals surface area contributed by atoms with Crippen molar-refractivity contribution in [2.75, 3.05) is 19.7 Å². The Morgan fingerprint density at radius 2 is 2.00 bits per heavy atom. The van der Waals surface area contributed by atoms with Crippen molar-refractivity contribution < 1.29 is 14.8 Å². The lowest BCUT2D eigenvalue weighted by Gasteiger charge is -2.35. The highest BCUT2D eigenvalue weighted by Gasteiger charge is 2.21. The Bertz CT molecular complexity index is 408. The van der Waals surface area contributed by atoms with Crippen LogP contribution in [0.15, 0.2) is 24.3 Å². The molecule has 0 spiro atoms. The molecule has 1 fully saturated rings. The number of hydrogen-bond acceptors (Lipinski definition) is 4. The van der Waals surface area contributed by atoms with Gasteiger partial charge in [-0.2, -0.15) is 0 Å². The molecule has 21 heavy (non-hydrogen) atoms. The molecule has 0 aliphatic carbocycles. The third kappa shape index (κ3) is 5.02. The summed E-state index contributed by atoms with van der Waals surface area (Å²) < 4.78 is 5.77. The Labute approximate surface area is 127 Å². The number of piperidine rings is 1. The number of ether oxygens (including phenoxy) is 1. The first-order valence-electron chi connectivity index (χ1n) is 8.03. The standard InChI is InChI=1S/C16H26BNO3/c1-2-5-15-6-3-4-11-18(15)12-13-21-16-9-7-14(8-10-16)17(19)20/h7-10,15,19-20H,2-6,11-13H2,1H3. The highest BCUT2D eigenvalue weighted by Crippen LogP contribution is 2.20. The van der Waals surface area contributed by atoms with Gasteiger partial charge in [-0.3, -0.25) is 4.90 Å². The van der Waals surface area contributed by atoms with Crippen molar-refractivity contribution >= 4 is 12.6 Å². The second kappa shape index (κ2) is 8.42. The van der Waals surface area contributed by atoms with Gasteiger partial charge in [0.2, 0.25) is 0 Å². The van der Waals surface area contributed by atoms with E-state index in [-0.39, 0.29) is 0 Å². The first-order valence-corrected chi connectivity index (χ1v) is 8.03. The van der Waals surface area contributed by atoms with Crippen molar-refractivity contribution in [3.05, 3.63) is 24.3 Å². The fraction of sp³-hybridized carbons (Fsp3) is 0.625. The summed E-state index contributed by atoms with van der Waals surface area (Å²) in [5.74, 6) is 0.781. The molecule has 1 aromatic carbocycles. The van der Waals surface area contributed by atoms with Crippen LogP contribution < -0.4 is 10.2 Å². The van der Waals surface area contributed by atoms with Crippen LogP contribution in [0.3, 0.4) is 0 Å². The van der Waals surface area contributed by atoms with Gasteiger partial charge in [0.05, 0.1) is 0 Å². The maximum Gasteiger partial charge on any atom is 0.488 e. The number of hydrogen-bond donors (Lipinski definition) is 2. The molecular formula is C16H26BNO3. The molecule has 1 aliphatic heterocycles. The molecule has 1 aliphatic rings. The van der Waals surface area contributed by atoms with Gasteiger partial charge in [-0.1, -0.05) is 31.9 Å². The molecule has 5 heteroatoms. The van der Waals surface area contributed by atoms with E-state index in [0.717, 1.165) is 18.3 Å². The third-order valence-electron chi connectivity index (χ3n) is 4.20. The predicted octanol–water partition coefficient (Wildman–Crippen LogP) is 1.40. The lowest BCUT2D eigenvalue weighted by Crippen LogP contribution is -2.41. The monoisotopic (exact) mass is 291 g/mol. The normalized spacial score (nSPS) is 19.5. The quantitative estimate of drug-likeness (QED) is 0.746. The van der Waals surface area contributed by atoms with E-state index < -0.39 is 7.12 Å². The lowest BCUT2D eigenvalue weighted by atomic mass is 9.80. The second-order valence-electron chi connectivity index (χ2n) is 5.77. The molecule has 0 radical (unpaired) electrons. The summed E-state index contributed by atoms with van der Waals surface area (Å²) >= 11 is 0. The Morgan fingerprint density at radius 3 is 2.67 bits per heavy atom. The molecule has 0 amide bonds. The molecule has 0 saturated carbocycles. The highest BCUT2D eigenvalue weighted by atomic mass is 16.5. The zero-order valence-corrected chi connectivity index (χ0v) is 12.9. The number of rotatable bonds is 7. The molecule has 0 bridgehead atoms. The first kappa shape index (κ1) is 16.3. The summed E-state index contributed by atoms with van der Waals surface area (Å²) in [5, 5.41) is 18.1. The molecule has 1 unspecified atom stereocenters. The summed E-state index contributed by atoms with van der Waals surface area (Å²) in [7, 11) is -1.41. The minimum atomic E-state index is -1.41. The van der Waals surface area contributed by atoms with Gasteiger partial charge in [-0.25, -0.2) is 0 Å². The molecule has 1 heterocycles.